The first-order valence-corrected chi connectivity index (χ1v) is 5.06. The molecule has 0 rings (SSSR count). The molecule has 0 saturated carbocycles. The van der Waals surface area contributed by atoms with Crippen molar-refractivity contribution in [2.45, 2.75) is 27.2 Å². The predicted octanol–water partition coefficient (Wildman–Crippen LogP) is 3.03. The van der Waals surface area contributed by atoms with Gasteiger partial charge in [0.25, 0.3) is 5.70 Å². The average Bonchev–Trinajstić information content (AvgIpc) is 2.21. The minimum atomic E-state index is -0.387. The highest BCUT2D eigenvalue weighted by molar-refractivity contribution is 5.57. The van der Waals surface area contributed by atoms with E-state index in [9.17, 15) is 10.1 Å². The Labute approximate surface area is 90.3 Å². The first-order chi connectivity index (χ1) is 7.02. The van der Waals surface area contributed by atoms with Crippen molar-refractivity contribution in [3.63, 3.8) is 0 Å². The van der Waals surface area contributed by atoms with E-state index in [-0.39, 0.29) is 22.5 Å². The van der Waals surface area contributed by atoms with Crippen LogP contribution in [0.3, 0.4) is 0 Å². The number of allylic oxidation sites excluding steroid dienone is 3. The smallest absolute Gasteiger partial charge is 0.265 e. The molecule has 2 unspecified atom stereocenters. The second-order valence-electron chi connectivity index (χ2n) is 3.54. The molecule has 15 heavy (non-hydrogen) atoms. The lowest BCUT2D eigenvalue weighted by molar-refractivity contribution is -0.419. The van der Waals surface area contributed by atoms with Crippen LogP contribution in [0.5, 0.6) is 0 Å². The third-order valence-corrected chi connectivity index (χ3v) is 2.29. The van der Waals surface area contributed by atoms with E-state index >= 15 is 0 Å². The second-order valence-corrected chi connectivity index (χ2v) is 3.54. The molecule has 0 spiro atoms. The molecule has 0 amide bonds. The zero-order chi connectivity index (χ0) is 11.8. The normalized spacial score (nSPS) is 16.3. The molecule has 1 N–H and O–H groups in total. The van der Waals surface area contributed by atoms with Crippen LogP contribution in [-0.2, 0) is 0 Å². The van der Waals surface area contributed by atoms with Gasteiger partial charge in [-0.3, -0.25) is 10.1 Å². The van der Waals surface area contributed by atoms with E-state index in [0.717, 1.165) is 0 Å². The van der Waals surface area contributed by atoms with Crippen LogP contribution in [-0.4, -0.2) is 11.1 Å². The van der Waals surface area contributed by atoms with Crippen LogP contribution in [0.2, 0.25) is 0 Å². The summed E-state index contributed by atoms with van der Waals surface area (Å²) in [6, 6.07) is 0. The van der Waals surface area contributed by atoms with Crippen molar-refractivity contribution in [1.29, 1.82) is 5.41 Å². The van der Waals surface area contributed by atoms with Gasteiger partial charge in [0, 0.05) is 6.08 Å². The van der Waals surface area contributed by atoms with Gasteiger partial charge in [0.2, 0.25) is 0 Å². The molecule has 2 atom stereocenters. The van der Waals surface area contributed by atoms with E-state index in [4.69, 9.17) is 5.41 Å². The Morgan fingerprint density at radius 3 is 2.47 bits per heavy atom. The molecule has 0 aromatic rings. The highest BCUT2D eigenvalue weighted by Gasteiger charge is 2.08. The lowest BCUT2D eigenvalue weighted by Crippen LogP contribution is -2.06. The van der Waals surface area contributed by atoms with Gasteiger partial charge >= 0.3 is 0 Å². The van der Waals surface area contributed by atoms with Gasteiger partial charge in [-0.1, -0.05) is 26.8 Å². The summed E-state index contributed by atoms with van der Waals surface area (Å²) in [4.78, 5) is 10.2. The molecule has 0 aromatic carbocycles. The maximum absolute atomic E-state index is 10.6. The topological polar surface area (TPSA) is 67.0 Å². The Hall–Kier alpha value is -1.45. The van der Waals surface area contributed by atoms with Crippen LogP contribution in [0, 0.1) is 27.4 Å². The summed E-state index contributed by atoms with van der Waals surface area (Å²) in [6.45, 7) is 5.72. The lowest BCUT2D eigenvalue weighted by Gasteiger charge is -2.09. The van der Waals surface area contributed by atoms with Crippen molar-refractivity contribution in [1.82, 2.24) is 0 Å². The van der Waals surface area contributed by atoms with E-state index in [2.05, 4.69) is 0 Å². The molecule has 4 nitrogen and oxygen atoms in total. The fourth-order valence-corrected chi connectivity index (χ4v) is 0.990. The van der Waals surface area contributed by atoms with Gasteiger partial charge < -0.3 is 5.41 Å². The standard InChI is InChI=1S/C11H18N2O2/c1-4-5-11(13(14)15)7-6-9(2)10(3)8-12/h5-10,12H,4H2,1-3H3/b7-6-,11-5+,12-8?. The van der Waals surface area contributed by atoms with Crippen LogP contribution < -0.4 is 0 Å². The summed E-state index contributed by atoms with van der Waals surface area (Å²) in [5.74, 6) is 0.249. The quantitative estimate of drug-likeness (QED) is 0.317. The summed E-state index contributed by atoms with van der Waals surface area (Å²) in [5, 5.41) is 17.7. The Morgan fingerprint density at radius 1 is 1.47 bits per heavy atom. The summed E-state index contributed by atoms with van der Waals surface area (Å²) in [5.41, 5.74) is 0.126. The molecular formula is C11H18N2O2. The van der Waals surface area contributed by atoms with Gasteiger partial charge in [-0.15, -0.1) is 0 Å². The highest BCUT2D eigenvalue weighted by Crippen LogP contribution is 2.11. The number of nitrogens with zero attached hydrogens (tertiary/aromatic N) is 1. The van der Waals surface area contributed by atoms with Gasteiger partial charge in [-0.2, -0.15) is 0 Å². The van der Waals surface area contributed by atoms with Gasteiger partial charge in [-0.05, 0) is 30.5 Å². The zero-order valence-electron chi connectivity index (χ0n) is 9.43. The first-order valence-electron chi connectivity index (χ1n) is 5.06. The van der Waals surface area contributed by atoms with Crippen molar-refractivity contribution in [3.05, 3.63) is 34.0 Å². The van der Waals surface area contributed by atoms with Crippen molar-refractivity contribution < 1.29 is 4.92 Å². The average molecular weight is 210 g/mol. The van der Waals surface area contributed by atoms with E-state index in [1.807, 2.05) is 20.8 Å². The van der Waals surface area contributed by atoms with Crippen LogP contribution in [0.15, 0.2) is 23.9 Å². The van der Waals surface area contributed by atoms with Gasteiger partial charge in [-0.25, -0.2) is 0 Å². The van der Waals surface area contributed by atoms with Gasteiger partial charge in [0.15, 0.2) is 0 Å². The molecule has 0 heterocycles. The predicted molar refractivity (Wildman–Crippen MR) is 61.6 cm³/mol. The molecule has 0 saturated heterocycles. The van der Waals surface area contributed by atoms with E-state index in [1.165, 1.54) is 12.3 Å². The Kier molecular flexibility index (Phi) is 6.25. The van der Waals surface area contributed by atoms with Crippen LogP contribution in [0.25, 0.3) is 0 Å². The third kappa shape index (κ3) is 5.10. The molecule has 0 aromatic heterocycles. The maximum atomic E-state index is 10.6. The van der Waals surface area contributed by atoms with Crippen LogP contribution in [0.4, 0.5) is 0 Å². The number of rotatable bonds is 6. The molecule has 84 valence electrons. The van der Waals surface area contributed by atoms with Crippen molar-refractivity contribution in [2.75, 3.05) is 0 Å². The SMILES string of the molecule is CC/C=C(\C=C/C(C)C(C)C=N)[N+](=O)[O-]. The zero-order valence-corrected chi connectivity index (χ0v) is 9.43. The number of nitrogens with one attached hydrogen (secondary N) is 1. The van der Waals surface area contributed by atoms with E-state index in [1.54, 1.807) is 12.2 Å². The monoisotopic (exact) mass is 210 g/mol. The number of hydrogen-bond acceptors (Lipinski definition) is 3. The number of hydrogen-bond donors (Lipinski definition) is 1. The van der Waals surface area contributed by atoms with E-state index < -0.39 is 0 Å². The van der Waals surface area contributed by atoms with Crippen molar-refractivity contribution in [2.24, 2.45) is 11.8 Å². The summed E-state index contributed by atoms with van der Waals surface area (Å²) in [6.07, 6.45) is 6.88. The van der Waals surface area contributed by atoms with Crippen LogP contribution >= 0.6 is 0 Å². The molecule has 0 aliphatic heterocycles. The summed E-state index contributed by atoms with van der Waals surface area (Å²) < 4.78 is 0. The Morgan fingerprint density at radius 2 is 2.07 bits per heavy atom. The maximum Gasteiger partial charge on any atom is 0.265 e. The number of nitro groups is 1. The fourth-order valence-electron chi connectivity index (χ4n) is 0.990. The molecule has 0 aliphatic carbocycles. The largest absolute Gasteiger partial charge is 0.313 e. The molecule has 4 heteroatoms. The van der Waals surface area contributed by atoms with Crippen molar-refractivity contribution in [3.8, 4) is 0 Å². The van der Waals surface area contributed by atoms with Crippen molar-refractivity contribution >= 4 is 6.21 Å². The van der Waals surface area contributed by atoms with Crippen LogP contribution in [0.1, 0.15) is 27.2 Å². The first kappa shape index (κ1) is 13.5. The minimum absolute atomic E-state index is 0.107. The van der Waals surface area contributed by atoms with Gasteiger partial charge in [0.05, 0.1) is 4.92 Å². The molecule has 0 bridgehead atoms. The Bertz CT molecular complexity index is 282. The molecule has 0 radical (unpaired) electrons. The van der Waals surface area contributed by atoms with Gasteiger partial charge in [0.1, 0.15) is 0 Å². The third-order valence-electron chi connectivity index (χ3n) is 2.29. The van der Waals surface area contributed by atoms with E-state index in [0.29, 0.717) is 6.42 Å². The molecule has 0 aliphatic rings. The Balaban J connectivity index is 4.54. The fraction of sp³-hybridized carbons (Fsp3) is 0.545. The second kappa shape index (κ2) is 6.92. The minimum Gasteiger partial charge on any atom is -0.313 e. The summed E-state index contributed by atoms with van der Waals surface area (Å²) in [7, 11) is 0. The molecule has 0 fully saturated rings. The highest BCUT2D eigenvalue weighted by atomic mass is 16.6. The summed E-state index contributed by atoms with van der Waals surface area (Å²) >= 11 is 0. The lowest BCUT2D eigenvalue weighted by atomic mass is 9.96. The molecular weight excluding hydrogens is 192 g/mol.